The normalized spacial score (nSPS) is 14.5. The van der Waals surface area contributed by atoms with Crippen LogP contribution in [0.3, 0.4) is 0 Å². The van der Waals surface area contributed by atoms with E-state index in [1.807, 2.05) is 0 Å². The van der Waals surface area contributed by atoms with Gasteiger partial charge in [0.1, 0.15) is 0 Å². The van der Waals surface area contributed by atoms with E-state index in [9.17, 15) is 31.5 Å². The van der Waals surface area contributed by atoms with Crippen LogP contribution >= 0.6 is 0 Å². The highest BCUT2D eigenvalue weighted by molar-refractivity contribution is 7.90. The molecule has 0 radical (unpaired) electrons. The number of aromatic nitrogens is 1. The van der Waals surface area contributed by atoms with Gasteiger partial charge in [0.15, 0.2) is 9.84 Å². The number of carbonyl (C=O) groups is 1. The van der Waals surface area contributed by atoms with Crippen molar-refractivity contribution in [2.45, 2.75) is 23.6 Å². The van der Waals surface area contributed by atoms with Gasteiger partial charge < -0.3 is 9.84 Å². The summed E-state index contributed by atoms with van der Waals surface area (Å²) in [4.78, 5) is 15.5. The van der Waals surface area contributed by atoms with E-state index >= 15 is 0 Å². The molecular weight excluding hydrogens is 387 g/mol. The number of sulfone groups is 1. The monoisotopic (exact) mass is 403 g/mol. The summed E-state index contributed by atoms with van der Waals surface area (Å²) in [5.41, 5.74) is -3.80. The lowest BCUT2D eigenvalue weighted by molar-refractivity contribution is -0.161. The average Bonchev–Trinajstić information content (AvgIpc) is 2.59. The molecule has 1 atom stereocenters. The number of pyridine rings is 1. The van der Waals surface area contributed by atoms with Gasteiger partial charge in [0.25, 0.3) is 0 Å². The van der Waals surface area contributed by atoms with Gasteiger partial charge in [0.2, 0.25) is 5.60 Å². The maximum absolute atomic E-state index is 13.1. The van der Waals surface area contributed by atoms with Crippen molar-refractivity contribution < 1.29 is 36.2 Å². The lowest BCUT2D eigenvalue weighted by Gasteiger charge is -2.23. The number of halogens is 3. The van der Waals surface area contributed by atoms with Crippen molar-refractivity contribution in [1.82, 2.24) is 4.98 Å². The van der Waals surface area contributed by atoms with E-state index in [2.05, 4.69) is 9.72 Å². The zero-order chi connectivity index (χ0) is 20.6. The lowest BCUT2D eigenvalue weighted by atomic mass is 9.92. The topological polar surface area (TPSA) is 93.6 Å². The fraction of sp³-hybridized carbons (Fsp3) is 0.294. The maximum atomic E-state index is 13.1. The van der Waals surface area contributed by atoms with Crippen molar-refractivity contribution in [2.24, 2.45) is 0 Å². The van der Waals surface area contributed by atoms with Crippen LogP contribution in [0.15, 0.2) is 41.4 Å². The van der Waals surface area contributed by atoms with Crippen LogP contribution < -0.4 is 0 Å². The van der Waals surface area contributed by atoms with E-state index in [0.29, 0.717) is 6.20 Å². The Morgan fingerprint density at radius 2 is 1.74 bits per heavy atom. The van der Waals surface area contributed by atoms with Gasteiger partial charge in [0.05, 0.1) is 23.3 Å². The fourth-order valence-electron chi connectivity index (χ4n) is 2.40. The van der Waals surface area contributed by atoms with Gasteiger partial charge in [-0.05, 0) is 30.7 Å². The highest BCUT2D eigenvalue weighted by Crippen LogP contribution is 2.37. The summed E-state index contributed by atoms with van der Waals surface area (Å²) in [6.07, 6.45) is -3.22. The van der Waals surface area contributed by atoms with E-state index in [1.54, 1.807) is 0 Å². The lowest BCUT2D eigenvalue weighted by Crippen LogP contribution is -2.35. The summed E-state index contributed by atoms with van der Waals surface area (Å²) in [7, 11) is -2.49. The second kappa shape index (κ2) is 6.93. The molecule has 1 aromatic carbocycles. The smallest absolute Gasteiger partial charge is 0.417 e. The van der Waals surface area contributed by atoms with Crippen LogP contribution in [0.2, 0.25) is 0 Å². The SMILES string of the molecule is COC(=O)[C@@](C)(O)c1ncc(C(F)(F)F)cc1-c1ccc(S(C)(=O)=O)cc1. The zero-order valence-electron chi connectivity index (χ0n) is 14.5. The quantitative estimate of drug-likeness (QED) is 0.789. The van der Waals surface area contributed by atoms with Crippen LogP contribution in [-0.2, 0) is 31.1 Å². The molecule has 2 aromatic rings. The second-order valence-electron chi connectivity index (χ2n) is 5.98. The van der Waals surface area contributed by atoms with Crippen LogP contribution in [0, 0.1) is 0 Å². The van der Waals surface area contributed by atoms with Crippen molar-refractivity contribution in [3.8, 4) is 11.1 Å². The molecule has 1 N–H and O–H groups in total. The molecule has 0 fully saturated rings. The first-order chi connectivity index (χ1) is 12.3. The summed E-state index contributed by atoms with van der Waals surface area (Å²) >= 11 is 0. The zero-order valence-corrected chi connectivity index (χ0v) is 15.4. The van der Waals surface area contributed by atoms with E-state index in [4.69, 9.17) is 0 Å². The molecule has 146 valence electrons. The number of carbonyl (C=O) groups excluding carboxylic acids is 1. The molecule has 0 saturated carbocycles. The van der Waals surface area contributed by atoms with Gasteiger partial charge in [-0.1, -0.05) is 12.1 Å². The van der Waals surface area contributed by atoms with Crippen molar-refractivity contribution >= 4 is 15.8 Å². The maximum Gasteiger partial charge on any atom is 0.417 e. The third-order valence-corrected chi connectivity index (χ3v) is 4.98. The Hall–Kier alpha value is -2.46. The van der Waals surface area contributed by atoms with Gasteiger partial charge in [-0.3, -0.25) is 4.98 Å². The Balaban J connectivity index is 2.73. The highest BCUT2D eigenvalue weighted by Gasteiger charge is 2.40. The van der Waals surface area contributed by atoms with Gasteiger partial charge in [-0.2, -0.15) is 13.2 Å². The molecule has 6 nitrogen and oxygen atoms in total. The van der Waals surface area contributed by atoms with E-state index in [1.165, 1.54) is 24.3 Å². The second-order valence-corrected chi connectivity index (χ2v) is 7.99. The van der Waals surface area contributed by atoms with Gasteiger partial charge >= 0.3 is 12.1 Å². The largest absolute Gasteiger partial charge is 0.467 e. The molecule has 10 heteroatoms. The van der Waals surface area contributed by atoms with Crippen LogP contribution in [0.5, 0.6) is 0 Å². The Kier molecular flexibility index (Phi) is 5.35. The third-order valence-electron chi connectivity index (χ3n) is 3.85. The number of aliphatic hydroxyl groups is 1. The Morgan fingerprint density at radius 1 is 1.19 bits per heavy atom. The summed E-state index contributed by atoms with van der Waals surface area (Å²) in [6, 6.07) is 5.69. The first kappa shape index (κ1) is 20.8. The summed E-state index contributed by atoms with van der Waals surface area (Å²) in [6.45, 7) is 1.04. The number of rotatable bonds is 4. The number of hydrogen-bond acceptors (Lipinski definition) is 6. The van der Waals surface area contributed by atoms with E-state index < -0.39 is 33.1 Å². The van der Waals surface area contributed by atoms with Crippen molar-refractivity contribution in [2.75, 3.05) is 13.4 Å². The number of nitrogens with zero attached hydrogens (tertiary/aromatic N) is 1. The van der Waals surface area contributed by atoms with Crippen LogP contribution in [0.25, 0.3) is 11.1 Å². The minimum Gasteiger partial charge on any atom is -0.467 e. The highest BCUT2D eigenvalue weighted by atomic mass is 32.2. The van der Waals surface area contributed by atoms with E-state index in [0.717, 1.165) is 26.4 Å². The summed E-state index contributed by atoms with van der Waals surface area (Å²) in [5, 5.41) is 10.5. The average molecular weight is 403 g/mol. The van der Waals surface area contributed by atoms with Crippen molar-refractivity contribution in [3.63, 3.8) is 0 Å². The summed E-state index contributed by atoms with van der Waals surface area (Å²) in [5.74, 6) is -1.11. The predicted molar refractivity (Wildman–Crippen MR) is 89.4 cm³/mol. The predicted octanol–water partition coefficient (Wildman–Crippen LogP) is 2.55. The molecule has 1 aromatic heterocycles. The molecule has 27 heavy (non-hydrogen) atoms. The first-order valence-corrected chi connectivity index (χ1v) is 9.36. The number of esters is 1. The summed E-state index contributed by atoms with van der Waals surface area (Å²) < 4.78 is 66.9. The van der Waals surface area contributed by atoms with Crippen LogP contribution in [-0.4, -0.2) is 37.8 Å². The molecule has 1 heterocycles. The molecule has 0 aliphatic carbocycles. The van der Waals surface area contributed by atoms with Crippen molar-refractivity contribution in [3.05, 3.63) is 47.8 Å². The number of hydrogen-bond donors (Lipinski definition) is 1. The molecule has 0 spiro atoms. The number of alkyl halides is 3. The molecule has 0 aliphatic rings. The third kappa shape index (κ3) is 4.28. The van der Waals surface area contributed by atoms with Crippen LogP contribution in [0.4, 0.5) is 13.2 Å². The molecule has 0 bridgehead atoms. The minimum atomic E-state index is -4.70. The van der Waals surface area contributed by atoms with Crippen LogP contribution in [0.1, 0.15) is 18.2 Å². The molecule has 0 unspecified atom stereocenters. The Morgan fingerprint density at radius 3 is 2.19 bits per heavy atom. The molecule has 2 rings (SSSR count). The first-order valence-electron chi connectivity index (χ1n) is 7.47. The number of ether oxygens (including phenoxy) is 1. The standard InChI is InChI=1S/C17H16F3NO5S/c1-16(23,15(22)26-2)14-13(8-11(9-21-14)17(18,19)20)10-4-6-12(7-5-10)27(3,24)25/h4-9,23H,1-3H3/t16-/m0/s1. The molecular formula is C17H16F3NO5S. The fourth-order valence-corrected chi connectivity index (χ4v) is 3.04. The van der Waals surface area contributed by atoms with E-state index in [-0.39, 0.29) is 21.7 Å². The molecule has 0 aliphatic heterocycles. The van der Waals surface area contributed by atoms with Crippen molar-refractivity contribution in [1.29, 1.82) is 0 Å². The molecule has 0 amide bonds. The Labute approximate surface area is 153 Å². The van der Waals surface area contributed by atoms with Gasteiger partial charge in [-0.25, -0.2) is 13.2 Å². The van der Waals surface area contributed by atoms with Gasteiger partial charge in [0, 0.05) is 18.0 Å². The number of benzene rings is 1. The Bertz CT molecular complexity index is 967. The molecule has 0 saturated heterocycles. The van der Waals surface area contributed by atoms with Gasteiger partial charge in [-0.15, -0.1) is 0 Å². The minimum absolute atomic E-state index is 0.0348. The number of methoxy groups -OCH3 is 1.